The zero-order valence-corrected chi connectivity index (χ0v) is 17.5. The van der Waals surface area contributed by atoms with E-state index in [4.69, 9.17) is 16.6 Å². The number of aromatic nitrogens is 2. The molecule has 3 aromatic rings. The molecule has 0 bridgehead atoms. The summed E-state index contributed by atoms with van der Waals surface area (Å²) in [6.45, 7) is 8.45. The number of halogens is 1. The van der Waals surface area contributed by atoms with Crippen LogP contribution in [0.3, 0.4) is 0 Å². The van der Waals surface area contributed by atoms with E-state index in [1.165, 1.54) is 0 Å². The van der Waals surface area contributed by atoms with Crippen LogP contribution in [-0.4, -0.2) is 32.4 Å². The van der Waals surface area contributed by atoms with Crippen molar-refractivity contribution in [2.24, 2.45) is 0 Å². The largest absolute Gasteiger partial charge is 0.336 e. The fourth-order valence-corrected chi connectivity index (χ4v) is 3.65. The van der Waals surface area contributed by atoms with E-state index < -0.39 is 0 Å². The van der Waals surface area contributed by atoms with E-state index in [0.717, 1.165) is 22.4 Å². The van der Waals surface area contributed by atoms with Crippen LogP contribution >= 0.6 is 11.6 Å². The second kappa shape index (κ2) is 8.61. The first-order valence-corrected chi connectivity index (χ1v) is 9.94. The highest BCUT2D eigenvalue weighted by Crippen LogP contribution is 2.20. The molecule has 3 rings (SSSR count). The molecule has 0 aliphatic heterocycles. The second-order valence-electron chi connectivity index (χ2n) is 7.42. The fourth-order valence-electron chi connectivity index (χ4n) is 3.52. The average Bonchev–Trinajstić information content (AvgIpc) is 2.98. The first-order chi connectivity index (χ1) is 13.4. The number of imidazole rings is 1. The van der Waals surface area contributed by atoms with Gasteiger partial charge in [-0.2, -0.15) is 0 Å². The van der Waals surface area contributed by atoms with Crippen LogP contribution in [0.4, 0.5) is 0 Å². The highest BCUT2D eigenvalue weighted by atomic mass is 35.5. The van der Waals surface area contributed by atoms with Crippen molar-refractivity contribution in [2.45, 2.75) is 46.3 Å². The molecule has 0 aliphatic carbocycles. The Labute approximate surface area is 171 Å². The maximum atomic E-state index is 13.0. The lowest BCUT2D eigenvalue weighted by atomic mass is 10.2. The van der Waals surface area contributed by atoms with Crippen LogP contribution in [0.2, 0.25) is 5.02 Å². The van der Waals surface area contributed by atoms with Gasteiger partial charge in [0.15, 0.2) is 0 Å². The Morgan fingerprint density at radius 3 is 2.32 bits per heavy atom. The lowest BCUT2D eigenvalue weighted by Gasteiger charge is -2.31. The third-order valence-electron chi connectivity index (χ3n) is 4.67. The molecular weight excluding hydrogens is 370 g/mol. The van der Waals surface area contributed by atoms with Crippen LogP contribution in [0.5, 0.6) is 0 Å². The van der Waals surface area contributed by atoms with Crippen molar-refractivity contribution < 1.29 is 4.79 Å². The highest BCUT2D eigenvalue weighted by Gasteiger charge is 2.22. The first kappa shape index (κ1) is 20.2. The molecular formula is C23H26ClN3O. The van der Waals surface area contributed by atoms with Gasteiger partial charge in [0, 0.05) is 17.1 Å². The number of benzene rings is 2. The monoisotopic (exact) mass is 395 g/mol. The molecule has 0 spiro atoms. The Balaban J connectivity index is 1.97. The third kappa shape index (κ3) is 4.45. The molecule has 0 saturated carbocycles. The lowest BCUT2D eigenvalue weighted by Crippen LogP contribution is -2.43. The van der Waals surface area contributed by atoms with Crippen molar-refractivity contribution in [3.05, 3.63) is 64.9 Å². The number of carbonyl (C=O) groups excluding carboxylic acids is 1. The SMILES string of the molecule is CC(C)N(C(=O)Cn1c(/C=C/c2ccc(Cl)cc2)nc2ccccc21)C(C)C. The number of hydrogen-bond acceptors (Lipinski definition) is 2. The number of rotatable bonds is 6. The van der Waals surface area contributed by atoms with Gasteiger partial charge in [-0.15, -0.1) is 0 Å². The summed E-state index contributed by atoms with van der Waals surface area (Å²) in [5.74, 6) is 0.853. The minimum atomic E-state index is 0.0919. The number of carbonyl (C=O) groups is 1. The molecule has 4 nitrogen and oxygen atoms in total. The molecule has 28 heavy (non-hydrogen) atoms. The minimum absolute atomic E-state index is 0.0919. The molecule has 5 heteroatoms. The molecule has 0 aliphatic rings. The van der Waals surface area contributed by atoms with Crippen LogP contribution in [0.25, 0.3) is 23.2 Å². The molecule has 1 aromatic heterocycles. The van der Waals surface area contributed by atoms with Gasteiger partial charge in [-0.3, -0.25) is 4.79 Å². The van der Waals surface area contributed by atoms with Gasteiger partial charge in [0.05, 0.1) is 11.0 Å². The normalized spacial score (nSPS) is 11.8. The molecule has 0 N–H and O–H groups in total. The van der Waals surface area contributed by atoms with Gasteiger partial charge in [0.1, 0.15) is 12.4 Å². The van der Waals surface area contributed by atoms with E-state index in [1.807, 2.05) is 97.8 Å². The molecule has 0 fully saturated rings. The molecule has 2 aromatic carbocycles. The predicted molar refractivity (Wildman–Crippen MR) is 117 cm³/mol. The van der Waals surface area contributed by atoms with E-state index in [1.54, 1.807) is 0 Å². The maximum absolute atomic E-state index is 13.0. The summed E-state index contributed by atoms with van der Waals surface area (Å²) in [4.78, 5) is 19.7. The van der Waals surface area contributed by atoms with Crippen LogP contribution in [-0.2, 0) is 11.3 Å². The average molecular weight is 396 g/mol. The quantitative estimate of drug-likeness (QED) is 0.552. The second-order valence-corrected chi connectivity index (χ2v) is 7.85. The van der Waals surface area contributed by atoms with Gasteiger partial charge in [0.25, 0.3) is 0 Å². The van der Waals surface area contributed by atoms with E-state index in [9.17, 15) is 4.79 Å². The number of nitrogens with zero attached hydrogens (tertiary/aromatic N) is 3. The molecule has 1 heterocycles. The van der Waals surface area contributed by atoms with E-state index >= 15 is 0 Å². The lowest BCUT2D eigenvalue weighted by molar-refractivity contribution is -0.135. The molecule has 0 radical (unpaired) electrons. The number of para-hydroxylation sites is 2. The van der Waals surface area contributed by atoms with E-state index in [2.05, 4.69) is 0 Å². The van der Waals surface area contributed by atoms with Gasteiger partial charge in [-0.1, -0.05) is 41.9 Å². The van der Waals surface area contributed by atoms with Gasteiger partial charge in [0.2, 0.25) is 5.91 Å². The molecule has 0 saturated heterocycles. The highest BCUT2D eigenvalue weighted by molar-refractivity contribution is 6.30. The van der Waals surface area contributed by atoms with Gasteiger partial charge < -0.3 is 9.47 Å². The van der Waals surface area contributed by atoms with E-state index in [-0.39, 0.29) is 24.5 Å². The summed E-state index contributed by atoms with van der Waals surface area (Å²) in [6, 6.07) is 15.8. The van der Waals surface area contributed by atoms with Crippen molar-refractivity contribution >= 4 is 40.7 Å². The van der Waals surface area contributed by atoms with Crippen LogP contribution in [0, 0.1) is 0 Å². The van der Waals surface area contributed by atoms with E-state index in [0.29, 0.717) is 5.02 Å². The molecule has 0 atom stereocenters. The Kier molecular flexibility index (Phi) is 6.20. The molecule has 1 amide bonds. The Hall–Kier alpha value is -2.59. The smallest absolute Gasteiger partial charge is 0.243 e. The zero-order chi connectivity index (χ0) is 20.3. The van der Waals surface area contributed by atoms with Crippen molar-refractivity contribution in [3.63, 3.8) is 0 Å². The summed E-state index contributed by atoms with van der Waals surface area (Å²) >= 11 is 5.96. The number of hydrogen-bond donors (Lipinski definition) is 0. The minimum Gasteiger partial charge on any atom is -0.336 e. The van der Waals surface area contributed by atoms with Crippen LogP contribution < -0.4 is 0 Å². The fraction of sp³-hybridized carbons (Fsp3) is 0.304. The van der Waals surface area contributed by atoms with Crippen molar-refractivity contribution in [1.29, 1.82) is 0 Å². The van der Waals surface area contributed by atoms with Gasteiger partial charge in [-0.25, -0.2) is 4.98 Å². The molecule has 0 unspecified atom stereocenters. The Morgan fingerprint density at radius 1 is 1.04 bits per heavy atom. The van der Waals surface area contributed by atoms with Crippen LogP contribution in [0.15, 0.2) is 48.5 Å². The summed E-state index contributed by atoms with van der Waals surface area (Å²) < 4.78 is 1.99. The summed E-state index contributed by atoms with van der Waals surface area (Å²) in [5, 5.41) is 0.706. The van der Waals surface area contributed by atoms with Crippen molar-refractivity contribution in [1.82, 2.24) is 14.5 Å². The summed E-state index contributed by atoms with van der Waals surface area (Å²) in [7, 11) is 0. The maximum Gasteiger partial charge on any atom is 0.243 e. The first-order valence-electron chi connectivity index (χ1n) is 9.57. The summed E-state index contributed by atoms with van der Waals surface area (Å²) in [6.07, 6.45) is 3.94. The van der Waals surface area contributed by atoms with Gasteiger partial charge >= 0.3 is 0 Å². The van der Waals surface area contributed by atoms with Crippen molar-refractivity contribution in [2.75, 3.05) is 0 Å². The standard InChI is InChI=1S/C23H26ClN3O/c1-16(2)27(17(3)4)23(28)15-26-21-8-6-5-7-20(21)25-22(26)14-11-18-9-12-19(24)13-10-18/h5-14,16-17H,15H2,1-4H3/b14-11+. The van der Waals surface area contributed by atoms with Crippen molar-refractivity contribution in [3.8, 4) is 0 Å². The Morgan fingerprint density at radius 2 is 1.68 bits per heavy atom. The zero-order valence-electron chi connectivity index (χ0n) is 16.8. The number of amides is 1. The topological polar surface area (TPSA) is 38.1 Å². The number of fused-ring (bicyclic) bond motifs is 1. The van der Waals surface area contributed by atoms with Gasteiger partial charge in [-0.05, 0) is 63.6 Å². The third-order valence-corrected chi connectivity index (χ3v) is 4.92. The Bertz CT molecular complexity index is 979. The molecule has 146 valence electrons. The predicted octanol–water partition coefficient (Wildman–Crippen LogP) is 5.51. The summed E-state index contributed by atoms with van der Waals surface area (Å²) in [5.41, 5.74) is 2.87. The van der Waals surface area contributed by atoms with Crippen LogP contribution in [0.1, 0.15) is 39.1 Å².